The number of aliphatic carboxylic acids is 1. The third-order valence-electron chi connectivity index (χ3n) is 1.56. The van der Waals surface area contributed by atoms with Crippen LogP contribution in [-0.4, -0.2) is 11.1 Å². The van der Waals surface area contributed by atoms with E-state index in [9.17, 15) is 4.79 Å². The molecule has 68 valence electrons. The minimum atomic E-state index is -0.975. The molecule has 0 aromatic heterocycles. The van der Waals surface area contributed by atoms with Crippen molar-refractivity contribution >= 4 is 23.6 Å². The lowest BCUT2D eigenvalue weighted by Gasteiger charge is -1.98. The zero-order valence-corrected chi connectivity index (χ0v) is 7.88. The molecule has 2 nitrogen and oxygen atoms in total. The molecule has 0 aliphatic carbocycles. The molecule has 1 aromatic carbocycles. The molecular weight excluding hydrogens is 188 g/mol. The van der Waals surface area contributed by atoms with Gasteiger partial charge in [-0.25, -0.2) is 4.79 Å². The highest BCUT2D eigenvalue weighted by Crippen LogP contribution is 2.18. The molecule has 1 rings (SSSR count). The smallest absolute Gasteiger partial charge is 0.328 e. The topological polar surface area (TPSA) is 37.3 Å². The van der Waals surface area contributed by atoms with Crippen molar-refractivity contribution in [3.63, 3.8) is 0 Å². The number of hydrogen-bond acceptors (Lipinski definition) is 1. The van der Waals surface area contributed by atoms with E-state index in [4.69, 9.17) is 16.7 Å². The number of carbonyl (C=O) groups is 1. The van der Waals surface area contributed by atoms with Gasteiger partial charge >= 0.3 is 5.97 Å². The summed E-state index contributed by atoms with van der Waals surface area (Å²) < 4.78 is 0. The Morgan fingerprint density at radius 2 is 2.23 bits per heavy atom. The molecule has 0 atom stereocenters. The summed E-state index contributed by atoms with van der Waals surface area (Å²) in [5.74, 6) is -0.975. The zero-order valence-electron chi connectivity index (χ0n) is 7.12. The van der Waals surface area contributed by atoms with E-state index in [2.05, 4.69) is 0 Å². The molecule has 0 unspecified atom stereocenters. The van der Waals surface area contributed by atoms with Crippen LogP contribution in [-0.2, 0) is 4.79 Å². The Morgan fingerprint density at radius 1 is 1.54 bits per heavy atom. The number of carboxylic acids is 1. The monoisotopic (exact) mass is 196 g/mol. The maximum atomic E-state index is 10.2. The predicted molar refractivity (Wildman–Crippen MR) is 52.9 cm³/mol. The van der Waals surface area contributed by atoms with Crippen LogP contribution in [0.4, 0.5) is 0 Å². The number of rotatable bonds is 2. The fraction of sp³-hybridized carbons (Fsp3) is 0.100. The van der Waals surface area contributed by atoms with Gasteiger partial charge in [0.15, 0.2) is 0 Å². The number of hydrogen-bond donors (Lipinski definition) is 1. The average molecular weight is 197 g/mol. The van der Waals surface area contributed by atoms with Crippen molar-refractivity contribution in [1.29, 1.82) is 0 Å². The van der Waals surface area contributed by atoms with E-state index in [-0.39, 0.29) is 0 Å². The van der Waals surface area contributed by atoms with Crippen molar-refractivity contribution in [3.05, 3.63) is 40.4 Å². The van der Waals surface area contributed by atoms with E-state index in [1.807, 2.05) is 13.0 Å². The molecule has 0 heterocycles. The minimum Gasteiger partial charge on any atom is -0.478 e. The van der Waals surface area contributed by atoms with E-state index < -0.39 is 5.97 Å². The van der Waals surface area contributed by atoms with Crippen LogP contribution in [0.25, 0.3) is 6.08 Å². The number of aryl methyl sites for hydroxylation is 1. The van der Waals surface area contributed by atoms with Gasteiger partial charge in [-0.15, -0.1) is 0 Å². The lowest BCUT2D eigenvalue weighted by atomic mass is 10.1. The van der Waals surface area contributed by atoms with Crippen LogP contribution in [0.15, 0.2) is 24.3 Å². The second-order valence-corrected chi connectivity index (χ2v) is 3.10. The van der Waals surface area contributed by atoms with Crippen molar-refractivity contribution in [1.82, 2.24) is 0 Å². The SMILES string of the molecule is Cc1ccc(/C=C/C(=O)O)c(Cl)c1. The summed E-state index contributed by atoms with van der Waals surface area (Å²) in [6.07, 6.45) is 2.54. The Hall–Kier alpha value is -1.28. The van der Waals surface area contributed by atoms with Crippen molar-refractivity contribution in [3.8, 4) is 0 Å². The Balaban J connectivity index is 2.96. The van der Waals surface area contributed by atoms with E-state index in [0.29, 0.717) is 5.02 Å². The normalized spacial score (nSPS) is 10.6. The average Bonchev–Trinajstić information content (AvgIpc) is 2.02. The second-order valence-electron chi connectivity index (χ2n) is 2.70. The van der Waals surface area contributed by atoms with E-state index in [1.165, 1.54) is 6.08 Å². The van der Waals surface area contributed by atoms with Gasteiger partial charge in [-0.3, -0.25) is 0 Å². The number of halogens is 1. The molecule has 0 spiro atoms. The first-order valence-electron chi connectivity index (χ1n) is 3.77. The molecule has 0 amide bonds. The molecule has 1 N–H and O–H groups in total. The van der Waals surface area contributed by atoms with Crippen LogP contribution in [0.1, 0.15) is 11.1 Å². The summed E-state index contributed by atoms with van der Waals surface area (Å²) in [5.41, 5.74) is 1.77. The van der Waals surface area contributed by atoms with Gasteiger partial charge in [-0.05, 0) is 30.2 Å². The fourth-order valence-electron chi connectivity index (χ4n) is 0.928. The van der Waals surface area contributed by atoms with E-state index >= 15 is 0 Å². The molecule has 0 aliphatic rings. The van der Waals surface area contributed by atoms with Crippen molar-refractivity contribution < 1.29 is 9.90 Å². The van der Waals surface area contributed by atoms with Crippen LogP contribution < -0.4 is 0 Å². The third-order valence-corrected chi connectivity index (χ3v) is 1.89. The Bertz CT molecular complexity index is 356. The van der Waals surface area contributed by atoms with Gasteiger partial charge in [-0.2, -0.15) is 0 Å². The summed E-state index contributed by atoms with van der Waals surface area (Å²) in [6, 6.07) is 5.47. The van der Waals surface area contributed by atoms with Crippen LogP contribution in [0.2, 0.25) is 5.02 Å². The molecule has 0 fully saturated rings. The fourth-order valence-corrected chi connectivity index (χ4v) is 1.23. The van der Waals surface area contributed by atoms with Gasteiger partial charge in [0.25, 0.3) is 0 Å². The largest absolute Gasteiger partial charge is 0.478 e. The second kappa shape index (κ2) is 4.10. The summed E-state index contributed by atoms with van der Waals surface area (Å²) in [6.45, 7) is 1.93. The molecule has 0 radical (unpaired) electrons. The first-order chi connectivity index (χ1) is 6.09. The summed E-state index contributed by atoms with van der Waals surface area (Å²) in [7, 11) is 0. The summed E-state index contributed by atoms with van der Waals surface area (Å²) >= 11 is 5.87. The van der Waals surface area contributed by atoms with Gasteiger partial charge in [0.2, 0.25) is 0 Å². The maximum absolute atomic E-state index is 10.2. The molecule has 0 bridgehead atoms. The maximum Gasteiger partial charge on any atom is 0.328 e. The molecule has 0 aliphatic heterocycles. The van der Waals surface area contributed by atoms with Crippen molar-refractivity contribution in [2.45, 2.75) is 6.92 Å². The van der Waals surface area contributed by atoms with Crippen LogP contribution in [0.3, 0.4) is 0 Å². The first-order valence-corrected chi connectivity index (χ1v) is 4.14. The quantitative estimate of drug-likeness (QED) is 0.739. The minimum absolute atomic E-state index is 0.567. The van der Waals surface area contributed by atoms with Gasteiger partial charge in [0.05, 0.1) is 0 Å². The summed E-state index contributed by atoms with van der Waals surface area (Å²) in [4.78, 5) is 10.2. The lowest BCUT2D eigenvalue weighted by Crippen LogP contribution is -1.86. The number of carboxylic acid groups (broad SMARTS) is 1. The van der Waals surface area contributed by atoms with Gasteiger partial charge in [0, 0.05) is 11.1 Å². The first kappa shape index (κ1) is 9.81. The van der Waals surface area contributed by atoms with Gasteiger partial charge in [-0.1, -0.05) is 23.7 Å². The lowest BCUT2D eigenvalue weighted by molar-refractivity contribution is -0.131. The highest BCUT2D eigenvalue weighted by Gasteiger charge is 1.96. The highest BCUT2D eigenvalue weighted by molar-refractivity contribution is 6.32. The van der Waals surface area contributed by atoms with E-state index in [0.717, 1.165) is 17.2 Å². The van der Waals surface area contributed by atoms with Gasteiger partial charge < -0.3 is 5.11 Å². The standard InChI is InChI=1S/C10H9ClO2/c1-7-2-3-8(9(11)6-7)4-5-10(12)13/h2-6H,1H3,(H,12,13)/b5-4+. The molecule has 3 heteroatoms. The molecule has 0 saturated carbocycles. The third kappa shape index (κ3) is 2.92. The Morgan fingerprint density at radius 3 is 2.77 bits per heavy atom. The van der Waals surface area contributed by atoms with Gasteiger partial charge in [0.1, 0.15) is 0 Å². The van der Waals surface area contributed by atoms with Crippen molar-refractivity contribution in [2.75, 3.05) is 0 Å². The molecule has 13 heavy (non-hydrogen) atoms. The van der Waals surface area contributed by atoms with Crippen LogP contribution in [0, 0.1) is 6.92 Å². The van der Waals surface area contributed by atoms with E-state index in [1.54, 1.807) is 12.1 Å². The zero-order chi connectivity index (χ0) is 9.84. The molecule has 1 aromatic rings. The Kier molecular flexibility index (Phi) is 3.09. The summed E-state index contributed by atoms with van der Waals surface area (Å²) in [5, 5.41) is 8.96. The molecular formula is C10H9ClO2. The Labute approximate surface area is 81.5 Å². The van der Waals surface area contributed by atoms with Crippen LogP contribution >= 0.6 is 11.6 Å². The van der Waals surface area contributed by atoms with Crippen molar-refractivity contribution in [2.24, 2.45) is 0 Å². The number of benzene rings is 1. The van der Waals surface area contributed by atoms with Crippen LogP contribution in [0.5, 0.6) is 0 Å². The molecule has 0 saturated heterocycles. The predicted octanol–water partition coefficient (Wildman–Crippen LogP) is 2.75. The highest BCUT2D eigenvalue weighted by atomic mass is 35.5.